The number of hydrogen-bond donors (Lipinski definition) is 3. The first-order chi connectivity index (χ1) is 14.6. The number of nitrogens with one attached hydrogen (secondary N) is 2. The number of aliphatic hydroxyl groups is 1. The Kier molecular flexibility index (Phi) is 7.53. The second-order valence-electron chi connectivity index (χ2n) is 10.1. The van der Waals surface area contributed by atoms with Gasteiger partial charge in [0, 0.05) is 24.2 Å². The van der Waals surface area contributed by atoms with E-state index < -0.39 is 6.04 Å². The van der Waals surface area contributed by atoms with E-state index in [1.165, 1.54) is 5.56 Å². The highest BCUT2D eigenvalue weighted by atomic mass is 35.5. The number of amides is 3. The van der Waals surface area contributed by atoms with Gasteiger partial charge in [-0.05, 0) is 60.6 Å². The smallest absolute Gasteiger partial charge is 0.315 e. The van der Waals surface area contributed by atoms with Gasteiger partial charge in [-0.2, -0.15) is 0 Å². The molecule has 1 saturated heterocycles. The van der Waals surface area contributed by atoms with Gasteiger partial charge in [-0.25, -0.2) is 4.79 Å². The van der Waals surface area contributed by atoms with Gasteiger partial charge in [0.15, 0.2) is 0 Å². The van der Waals surface area contributed by atoms with Crippen LogP contribution < -0.4 is 10.6 Å². The monoisotopic (exact) mass is 449 g/mol. The first kappa shape index (κ1) is 23.9. The number of likely N-dealkylation sites (tertiary alicyclic amines) is 1. The van der Waals surface area contributed by atoms with Gasteiger partial charge >= 0.3 is 6.03 Å². The van der Waals surface area contributed by atoms with E-state index in [4.69, 9.17) is 11.6 Å². The van der Waals surface area contributed by atoms with Crippen molar-refractivity contribution in [2.75, 3.05) is 13.1 Å². The van der Waals surface area contributed by atoms with Crippen molar-refractivity contribution in [2.24, 2.45) is 11.3 Å². The molecule has 3 rings (SSSR count). The van der Waals surface area contributed by atoms with Crippen molar-refractivity contribution >= 4 is 23.5 Å². The quantitative estimate of drug-likeness (QED) is 0.637. The minimum Gasteiger partial charge on any atom is -0.393 e. The minimum absolute atomic E-state index is 0.0236. The third-order valence-corrected chi connectivity index (χ3v) is 7.02. The van der Waals surface area contributed by atoms with Crippen molar-refractivity contribution in [2.45, 2.75) is 77.5 Å². The van der Waals surface area contributed by atoms with Crippen LogP contribution in [0, 0.1) is 11.3 Å². The van der Waals surface area contributed by atoms with Gasteiger partial charge in [0.25, 0.3) is 0 Å². The van der Waals surface area contributed by atoms with Crippen LogP contribution in [0.4, 0.5) is 4.79 Å². The zero-order valence-electron chi connectivity index (χ0n) is 19.0. The van der Waals surface area contributed by atoms with Gasteiger partial charge in [0.05, 0.1) is 6.10 Å². The lowest BCUT2D eigenvalue weighted by Crippen LogP contribution is -2.57. The maximum atomic E-state index is 13.4. The topological polar surface area (TPSA) is 81.7 Å². The van der Waals surface area contributed by atoms with Gasteiger partial charge in [-0.1, -0.05) is 51.4 Å². The molecule has 2 fully saturated rings. The number of hydrogen-bond acceptors (Lipinski definition) is 3. The summed E-state index contributed by atoms with van der Waals surface area (Å²) in [7, 11) is 0. The molecule has 0 spiro atoms. The molecule has 0 bridgehead atoms. The fraction of sp³-hybridized carbons (Fsp3) is 0.667. The number of aliphatic hydroxyl groups excluding tert-OH is 1. The highest BCUT2D eigenvalue weighted by Crippen LogP contribution is 2.42. The summed E-state index contributed by atoms with van der Waals surface area (Å²) in [6.45, 7) is 9.60. The number of urea groups is 1. The normalized spacial score (nSPS) is 26.5. The molecule has 3 N–H and O–H groups in total. The molecule has 7 heteroatoms. The van der Waals surface area contributed by atoms with Gasteiger partial charge in [-0.3, -0.25) is 4.79 Å². The number of piperidine rings is 1. The molecule has 1 aliphatic heterocycles. The molecular weight excluding hydrogens is 414 g/mol. The van der Waals surface area contributed by atoms with Gasteiger partial charge < -0.3 is 20.6 Å². The average molecular weight is 450 g/mol. The SMILES string of the molecule is CC(C)[C@@H](NC(=O)N[C@H]1CC[C@@H](O)C1)C(=O)N1CCC(c2ccc(Cl)cc2)C(C)(C)C1. The molecule has 0 radical (unpaired) electrons. The lowest BCUT2D eigenvalue weighted by atomic mass is 9.70. The number of benzene rings is 1. The van der Waals surface area contributed by atoms with Crippen LogP contribution >= 0.6 is 11.6 Å². The molecule has 3 amide bonds. The Morgan fingerprint density at radius 1 is 1.16 bits per heavy atom. The third-order valence-electron chi connectivity index (χ3n) is 6.77. The highest BCUT2D eigenvalue weighted by Gasteiger charge is 2.40. The van der Waals surface area contributed by atoms with Crippen LogP contribution in [-0.2, 0) is 4.79 Å². The fourth-order valence-corrected chi connectivity index (χ4v) is 5.15. The minimum atomic E-state index is -0.575. The van der Waals surface area contributed by atoms with Gasteiger partial charge in [0.1, 0.15) is 6.04 Å². The van der Waals surface area contributed by atoms with Crippen LogP contribution in [-0.4, -0.2) is 53.2 Å². The van der Waals surface area contributed by atoms with Crippen molar-refractivity contribution in [1.82, 2.24) is 15.5 Å². The number of rotatable bonds is 5. The van der Waals surface area contributed by atoms with Gasteiger partial charge in [-0.15, -0.1) is 0 Å². The summed E-state index contributed by atoms with van der Waals surface area (Å²) in [5.74, 6) is 0.292. The van der Waals surface area contributed by atoms with E-state index in [-0.39, 0.29) is 35.4 Å². The summed E-state index contributed by atoms with van der Waals surface area (Å²) in [4.78, 5) is 27.8. The molecular formula is C24H36ClN3O3. The van der Waals surface area contributed by atoms with E-state index in [0.717, 1.165) is 17.9 Å². The van der Waals surface area contributed by atoms with Crippen molar-refractivity contribution < 1.29 is 14.7 Å². The zero-order chi connectivity index (χ0) is 22.8. The Morgan fingerprint density at radius 3 is 2.39 bits per heavy atom. The van der Waals surface area contributed by atoms with Crippen molar-refractivity contribution in [1.29, 1.82) is 0 Å². The molecule has 0 aromatic heterocycles. The van der Waals surface area contributed by atoms with E-state index in [1.807, 2.05) is 30.9 Å². The summed E-state index contributed by atoms with van der Waals surface area (Å²) in [5.41, 5.74) is 1.16. The Morgan fingerprint density at radius 2 is 1.84 bits per heavy atom. The molecule has 1 aromatic rings. The third kappa shape index (κ3) is 5.92. The number of carbonyl (C=O) groups excluding carboxylic acids is 2. The molecule has 1 unspecified atom stereocenters. The van der Waals surface area contributed by atoms with Crippen LogP contribution in [0.1, 0.15) is 64.9 Å². The summed E-state index contributed by atoms with van der Waals surface area (Å²) in [6, 6.07) is 7.06. The molecule has 6 nitrogen and oxygen atoms in total. The summed E-state index contributed by atoms with van der Waals surface area (Å²) in [6.07, 6.45) is 2.56. The second-order valence-corrected chi connectivity index (χ2v) is 10.6. The number of nitrogens with zero attached hydrogens (tertiary/aromatic N) is 1. The maximum Gasteiger partial charge on any atom is 0.315 e. The lowest BCUT2D eigenvalue weighted by molar-refractivity contribution is -0.137. The van der Waals surface area contributed by atoms with E-state index >= 15 is 0 Å². The molecule has 31 heavy (non-hydrogen) atoms. The van der Waals surface area contributed by atoms with Crippen LogP contribution in [0.2, 0.25) is 5.02 Å². The van der Waals surface area contributed by atoms with Crippen molar-refractivity contribution in [3.63, 3.8) is 0 Å². The van der Waals surface area contributed by atoms with Gasteiger partial charge in [0.2, 0.25) is 5.91 Å². The number of carbonyl (C=O) groups is 2. The zero-order valence-corrected chi connectivity index (χ0v) is 19.8. The lowest BCUT2D eigenvalue weighted by Gasteiger charge is -2.45. The van der Waals surface area contributed by atoms with Crippen LogP contribution in [0.15, 0.2) is 24.3 Å². The first-order valence-corrected chi connectivity index (χ1v) is 11.7. The Labute approximate surface area is 190 Å². The largest absolute Gasteiger partial charge is 0.393 e. The van der Waals surface area contributed by atoms with E-state index in [9.17, 15) is 14.7 Å². The molecule has 2 aliphatic rings. The summed E-state index contributed by atoms with van der Waals surface area (Å²) < 4.78 is 0. The highest BCUT2D eigenvalue weighted by molar-refractivity contribution is 6.30. The Balaban J connectivity index is 1.63. The molecule has 4 atom stereocenters. The van der Waals surface area contributed by atoms with E-state index in [0.29, 0.717) is 31.8 Å². The molecule has 1 saturated carbocycles. The first-order valence-electron chi connectivity index (χ1n) is 11.4. The molecule has 172 valence electrons. The van der Waals surface area contributed by atoms with Crippen LogP contribution in [0.25, 0.3) is 0 Å². The molecule has 1 aliphatic carbocycles. The van der Waals surface area contributed by atoms with Crippen molar-refractivity contribution in [3.8, 4) is 0 Å². The maximum absolute atomic E-state index is 13.4. The predicted molar refractivity (Wildman–Crippen MR) is 123 cm³/mol. The second kappa shape index (κ2) is 9.78. The fourth-order valence-electron chi connectivity index (χ4n) is 5.03. The molecule has 1 aromatic carbocycles. The number of halogens is 1. The van der Waals surface area contributed by atoms with Crippen molar-refractivity contribution in [3.05, 3.63) is 34.9 Å². The Bertz CT molecular complexity index is 781. The average Bonchev–Trinajstić information content (AvgIpc) is 3.10. The Hall–Kier alpha value is -1.79. The summed E-state index contributed by atoms with van der Waals surface area (Å²) in [5, 5.41) is 16.2. The van der Waals surface area contributed by atoms with Crippen LogP contribution in [0.3, 0.4) is 0 Å². The standard InChI is InChI=1S/C24H36ClN3O3/c1-15(2)21(27-23(31)26-18-9-10-19(29)13-18)22(30)28-12-11-20(24(3,4)14-28)16-5-7-17(25)8-6-16/h5-8,15,18-21,29H,9-14H2,1-4H3,(H2,26,27,31)/t18-,19+,20?,21+/m0/s1. The van der Waals surface area contributed by atoms with E-state index in [2.05, 4.69) is 36.6 Å². The van der Waals surface area contributed by atoms with E-state index in [1.54, 1.807) is 0 Å². The van der Waals surface area contributed by atoms with Crippen LogP contribution in [0.5, 0.6) is 0 Å². The summed E-state index contributed by atoms with van der Waals surface area (Å²) >= 11 is 6.05. The predicted octanol–water partition coefficient (Wildman–Crippen LogP) is 3.92. The molecule has 1 heterocycles.